The molecule has 1 aromatic carbocycles. The number of benzene rings is 1. The molecule has 1 unspecified atom stereocenters. The fourth-order valence-corrected chi connectivity index (χ4v) is 5.01. The van der Waals surface area contributed by atoms with Crippen LogP contribution >= 0.6 is 30.4 Å². The second-order valence-electron chi connectivity index (χ2n) is 10.4. The molecule has 2 atom stereocenters. The van der Waals surface area contributed by atoms with Crippen molar-refractivity contribution >= 4 is 30.4 Å². The van der Waals surface area contributed by atoms with Crippen molar-refractivity contribution in [3.63, 3.8) is 0 Å². The molecule has 0 amide bonds. The monoisotopic (exact) mass is 639 g/mol. The summed E-state index contributed by atoms with van der Waals surface area (Å²) in [4.78, 5) is 11.9. The van der Waals surface area contributed by atoms with E-state index in [9.17, 15) is 9.46 Å². The lowest BCUT2D eigenvalue weighted by atomic mass is 10.0. The van der Waals surface area contributed by atoms with E-state index in [1.165, 1.54) is 74.0 Å². The Balaban J connectivity index is 1.92. The normalized spacial score (nSPS) is 14.6. The third-order valence-electron chi connectivity index (χ3n) is 5.96. The highest BCUT2D eigenvalue weighted by atomic mass is 125. The summed E-state index contributed by atoms with van der Waals surface area (Å²) in [5.74, 6) is 0. The van der Waals surface area contributed by atoms with Crippen LogP contribution in [-0.2, 0) is 29.5 Å². The molecular formula is C27H49INO6P. The van der Waals surface area contributed by atoms with Gasteiger partial charge in [0.1, 0.15) is 19.3 Å². The molecule has 0 spiro atoms. The maximum atomic E-state index is 11.9. The van der Waals surface area contributed by atoms with Crippen molar-refractivity contribution in [2.24, 2.45) is 0 Å². The molecule has 0 aliphatic rings. The molecule has 7 nitrogen and oxygen atoms in total. The van der Waals surface area contributed by atoms with Crippen molar-refractivity contribution < 1.29 is 32.5 Å². The van der Waals surface area contributed by atoms with Crippen LogP contribution < -0.4 is 4.89 Å². The van der Waals surface area contributed by atoms with Gasteiger partial charge in [-0.3, -0.25) is 4.57 Å². The Morgan fingerprint density at radius 2 is 1.50 bits per heavy atom. The fraction of sp³-hybridized carbons (Fsp3) is 0.778. The minimum atomic E-state index is -4.33. The summed E-state index contributed by atoms with van der Waals surface area (Å²) in [6.45, 7) is 1.51. The summed E-state index contributed by atoms with van der Waals surface area (Å²) in [6.07, 6.45) is 13.4. The maximum absolute atomic E-state index is 11.9. The third-order valence-corrected chi connectivity index (χ3v) is 7.60. The zero-order chi connectivity index (χ0) is 26.7. The van der Waals surface area contributed by atoms with Gasteiger partial charge in [0.15, 0.2) is 0 Å². The van der Waals surface area contributed by atoms with E-state index in [4.69, 9.17) is 18.5 Å². The smallest absolute Gasteiger partial charge is 0.268 e. The number of phosphoric acid groups is 1. The molecule has 0 aliphatic carbocycles. The third kappa shape index (κ3) is 20.0. The zero-order valence-corrected chi connectivity index (χ0v) is 26.0. The average Bonchev–Trinajstić information content (AvgIpc) is 2.80. The second-order valence-corrected chi connectivity index (χ2v) is 13.1. The average molecular weight is 640 g/mol. The number of hydrogen-bond donors (Lipinski definition) is 0. The van der Waals surface area contributed by atoms with Crippen molar-refractivity contribution in [1.82, 2.24) is 0 Å². The van der Waals surface area contributed by atoms with Crippen molar-refractivity contribution in [1.29, 1.82) is 0 Å². The molecule has 0 aliphatic heterocycles. The molecule has 0 heterocycles. The number of quaternary nitrogens is 1. The van der Waals surface area contributed by atoms with E-state index in [-0.39, 0.29) is 13.2 Å². The summed E-state index contributed by atoms with van der Waals surface area (Å²) in [6, 6.07) is 8.81. The van der Waals surface area contributed by atoms with E-state index >= 15 is 0 Å². The van der Waals surface area contributed by atoms with Crippen LogP contribution in [0.25, 0.3) is 0 Å². The first-order valence-electron chi connectivity index (χ1n) is 13.4. The number of rotatable bonds is 23. The van der Waals surface area contributed by atoms with Crippen molar-refractivity contribution in [3.8, 4) is 0 Å². The molecule has 0 fully saturated rings. The zero-order valence-electron chi connectivity index (χ0n) is 22.9. The molecular weight excluding hydrogens is 590 g/mol. The van der Waals surface area contributed by atoms with Crippen LogP contribution in [0, 0.1) is 3.57 Å². The Kier molecular flexibility index (Phi) is 18.8. The standard InChI is InChI=1S/C27H49INO6P/c1-29(2,3)19-21-34-36(30,31)35-24-27(32-4)23-33-20-14-12-10-8-6-5-7-9-11-13-16-25-17-15-18-26(28)22-25/h15,17-18,22,27H,5-14,16,19-21,23-24H2,1-4H3/t27-/m1/s1/i28-2. The Bertz CT molecular complexity index is 730. The second kappa shape index (κ2) is 19.9. The molecule has 0 saturated heterocycles. The van der Waals surface area contributed by atoms with Gasteiger partial charge in [-0.05, 0) is 59.5 Å². The summed E-state index contributed by atoms with van der Waals surface area (Å²) in [5, 5.41) is 0. The van der Waals surface area contributed by atoms with Gasteiger partial charge in [-0.1, -0.05) is 63.5 Å². The van der Waals surface area contributed by atoms with Gasteiger partial charge in [-0.15, -0.1) is 0 Å². The van der Waals surface area contributed by atoms with Gasteiger partial charge in [0.2, 0.25) is 0 Å². The number of ether oxygens (including phenoxy) is 2. The number of methoxy groups -OCH3 is 1. The van der Waals surface area contributed by atoms with Crippen LogP contribution in [0.1, 0.15) is 69.8 Å². The van der Waals surface area contributed by atoms with Gasteiger partial charge in [-0.25, -0.2) is 0 Å². The SMILES string of the molecule is CO[C@H](COCCCCCCCCCCCCc1cccc([125I])c1)COP(=O)([O-])OCC[N+](C)(C)C. The molecule has 9 heteroatoms. The molecule has 36 heavy (non-hydrogen) atoms. The van der Waals surface area contributed by atoms with Crippen LogP contribution in [-0.4, -0.2) is 71.8 Å². The quantitative estimate of drug-likeness (QED) is 0.0636. The van der Waals surface area contributed by atoms with Crippen LogP contribution in [0.2, 0.25) is 0 Å². The molecule has 1 aromatic rings. The first kappa shape index (κ1) is 34.0. The maximum Gasteiger partial charge on any atom is 0.268 e. The van der Waals surface area contributed by atoms with Gasteiger partial charge in [0.05, 0.1) is 34.4 Å². The van der Waals surface area contributed by atoms with E-state index in [0.717, 1.165) is 12.8 Å². The van der Waals surface area contributed by atoms with E-state index in [2.05, 4.69) is 46.9 Å². The van der Waals surface area contributed by atoms with Crippen LogP contribution in [0.4, 0.5) is 0 Å². The lowest BCUT2D eigenvalue weighted by Crippen LogP contribution is -2.37. The Morgan fingerprint density at radius 1 is 0.889 bits per heavy atom. The number of unbranched alkanes of at least 4 members (excludes halogenated alkanes) is 9. The topological polar surface area (TPSA) is 77.1 Å². The summed E-state index contributed by atoms with van der Waals surface area (Å²) in [7, 11) is 3.10. The molecule has 0 saturated carbocycles. The highest BCUT2D eigenvalue weighted by Gasteiger charge is 2.16. The molecule has 0 N–H and O–H groups in total. The predicted octanol–water partition coefficient (Wildman–Crippen LogP) is 5.97. The van der Waals surface area contributed by atoms with E-state index in [1.807, 2.05) is 21.1 Å². The van der Waals surface area contributed by atoms with Crippen LogP contribution in [0.3, 0.4) is 0 Å². The van der Waals surface area contributed by atoms with Crippen molar-refractivity contribution in [3.05, 3.63) is 33.4 Å². The van der Waals surface area contributed by atoms with Gasteiger partial charge in [0, 0.05) is 17.3 Å². The van der Waals surface area contributed by atoms with Gasteiger partial charge < -0.3 is 27.9 Å². The van der Waals surface area contributed by atoms with Crippen molar-refractivity contribution in [2.75, 3.05) is 61.2 Å². The number of halogens is 1. The Hall–Kier alpha value is -0.0600. The first-order chi connectivity index (χ1) is 17.1. The Morgan fingerprint density at radius 3 is 2.08 bits per heavy atom. The minimum absolute atomic E-state index is 0.0900. The van der Waals surface area contributed by atoms with Gasteiger partial charge >= 0.3 is 0 Å². The lowest BCUT2D eigenvalue weighted by Gasteiger charge is -2.28. The van der Waals surface area contributed by atoms with Gasteiger partial charge in [0.25, 0.3) is 7.82 Å². The van der Waals surface area contributed by atoms with Crippen LogP contribution in [0.5, 0.6) is 0 Å². The largest absolute Gasteiger partial charge is 0.756 e. The van der Waals surface area contributed by atoms with Crippen molar-refractivity contribution in [2.45, 2.75) is 76.7 Å². The first-order valence-corrected chi connectivity index (χ1v) is 15.9. The fourth-order valence-electron chi connectivity index (χ4n) is 3.68. The molecule has 210 valence electrons. The Labute approximate surface area is 233 Å². The summed E-state index contributed by atoms with van der Waals surface area (Å²) in [5.41, 5.74) is 1.46. The number of aryl methyl sites for hydroxylation is 1. The van der Waals surface area contributed by atoms with E-state index in [1.54, 1.807) is 0 Å². The molecule has 1 rings (SSSR count). The molecule has 0 bridgehead atoms. The molecule has 0 aromatic heterocycles. The number of likely N-dealkylation sites (N-methyl/N-ethyl adjacent to an activating group) is 1. The van der Waals surface area contributed by atoms with E-state index < -0.39 is 13.9 Å². The summed E-state index contributed by atoms with van der Waals surface area (Å²) < 4.78 is 34.6. The van der Waals surface area contributed by atoms with Gasteiger partial charge in [-0.2, -0.15) is 0 Å². The van der Waals surface area contributed by atoms with E-state index in [0.29, 0.717) is 24.2 Å². The summed E-state index contributed by atoms with van der Waals surface area (Å²) >= 11 is 2.38. The predicted molar refractivity (Wildman–Crippen MR) is 153 cm³/mol. The lowest BCUT2D eigenvalue weighted by molar-refractivity contribution is -0.870. The highest BCUT2D eigenvalue weighted by molar-refractivity contribution is 14.1. The molecule has 0 radical (unpaired) electrons. The number of hydrogen-bond acceptors (Lipinski definition) is 6. The number of phosphoric ester groups is 1. The van der Waals surface area contributed by atoms with Crippen LogP contribution in [0.15, 0.2) is 24.3 Å². The minimum Gasteiger partial charge on any atom is -0.756 e. The number of nitrogens with zero attached hydrogens (tertiary/aromatic N) is 1. The highest BCUT2D eigenvalue weighted by Crippen LogP contribution is 2.38.